The monoisotopic (exact) mass is 337 g/mol. The van der Waals surface area contributed by atoms with Gasteiger partial charge in [0.25, 0.3) is 5.91 Å². The Labute approximate surface area is 137 Å². The van der Waals surface area contributed by atoms with E-state index in [0.29, 0.717) is 11.5 Å². The van der Waals surface area contributed by atoms with E-state index in [9.17, 15) is 13.2 Å². The molecular formula is C16H23N3O3S. The molecule has 0 spiro atoms. The van der Waals surface area contributed by atoms with Crippen molar-refractivity contribution in [3.63, 3.8) is 0 Å². The highest BCUT2D eigenvalue weighted by molar-refractivity contribution is 7.89. The van der Waals surface area contributed by atoms with Crippen molar-refractivity contribution in [3.8, 4) is 0 Å². The first-order valence-corrected chi connectivity index (χ1v) is 9.14. The number of sulfonamides is 1. The molecule has 1 aromatic rings. The third-order valence-electron chi connectivity index (χ3n) is 3.97. The fraction of sp³-hybridized carbons (Fsp3) is 0.438. The van der Waals surface area contributed by atoms with Gasteiger partial charge in [-0.3, -0.25) is 4.79 Å². The molecule has 2 unspecified atom stereocenters. The zero-order chi connectivity index (χ0) is 16.9. The maximum absolute atomic E-state index is 12.4. The second-order valence-corrected chi connectivity index (χ2v) is 7.49. The first-order chi connectivity index (χ1) is 10.9. The first-order valence-electron chi connectivity index (χ1n) is 7.66. The van der Waals surface area contributed by atoms with Crippen LogP contribution in [0, 0.1) is 5.92 Å². The Balaban J connectivity index is 2.12. The maximum Gasteiger partial charge on any atom is 0.251 e. The molecule has 1 fully saturated rings. The minimum Gasteiger partial charge on any atom is -0.348 e. The summed E-state index contributed by atoms with van der Waals surface area (Å²) in [5.74, 6) is 0.132. The van der Waals surface area contributed by atoms with E-state index >= 15 is 0 Å². The van der Waals surface area contributed by atoms with E-state index in [0.717, 1.165) is 19.5 Å². The van der Waals surface area contributed by atoms with Crippen LogP contribution in [0.25, 0.3) is 0 Å². The predicted octanol–water partition coefficient (Wildman–Crippen LogP) is 0.879. The number of hydrogen-bond donors (Lipinski definition) is 3. The molecule has 1 aliphatic heterocycles. The average molecular weight is 337 g/mol. The molecule has 1 aliphatic rings. The van der Waals surface area contributed by atoms with Gasteiger partial charge in [0.2, 0.25) is 10.0 Å². The summed E-state index contributed by atoms with van der Waals surface area (Å²) < 4.78 is 26.6. The van der Waals surface area contributed by atoms with Crippen molar-refractivity contribution in [1.82, 2.24) is 15.4 Å². The molecule has 3 N–H and O–H groups in total. The van der Waals surface area contributed by atoms with E-state index in [1.807, 2.05) is 0 Å². The quantitative estimate of drug-likeness (QED) is 0.673. The molecule has 0 bridgehead atoms. The van der Waals surface area contributed by atoms with Crippen LogP contribution in [0.1, 0.15) is 23.7 Å². The second kappa shape index (κ2) is 7.72. The van der Waals surface area contributed by atoms with Gasteiger partial charge in [-0.05, 0) is 37.1 Å². The van der Waals surface area contributed by atoms with Gasteiger partial charge in [-0.15, -0.1) is 6.58 Å². The summed E-state index contributed by atoms with van der Waals surface area (Å²) in [6, 6.07) is 6.09. The van der Waals surface area contributed by atoms with Crippen molar-refractivity contribution in [3.05, 3.63) is 42.5 Å². The third kappa shape index (κ3) is 4.63. The van der Waals surface area contributed by atoms with E-state index in [1.54, 1.807) is 12.1 Å². The van der Waals surface area contributed by atoms with Crippen LogP contribution in [-0.4, -0.2) is 40.0 Å². The largest absolute Gasteiger partial charge is 0.348 e. The Morgan fingerprint density at radius 3 is 2.96 bits per heavy atom. The van der Waals surface area contributed by atoms with Crippen LogP contribution in [0.3, 0.4) is 0 Å². The van der Waals surface area contributed by atoms with Crippen molar-refractivity contribution in [1.29, 1.82) is 0 Å². The van der Waals surface area contributed by atoms with Gasteiger partial charge in [-0.1, -0.05) is 19.1 Å². The molecule has 0 saturated carbocycles. The van der Waals surface area contributed by atoms with Gasteiger partial charge in [0, 0.05) is 24.7 Å². The average Bonchev–Trinajstić information content (AvgIpc) is 2.55. The zero-order valence-corrected chi connectivity index (χ0v) is 14.0. The van der Waals surface area contributed by atoms with Gasteiger partial charge in [0.05, 0.1) is 4.90 Å². The fourth-order valence-electron chi connectivity index (χ4n) is 2.49. The van der Waals surface area contributed by atoms with Crippen molar-refractivity contribution in [2.45, 2.75) is 24.3 Å². The highest BCUT2D eigenvalue weighted by atomic mass is 32.2. The lowest BCUT2D eigenvalue weighted by atomic mass is 9.94. The number of hydrogen-bond acceptors (Lipinski definition) is 4. The third-order valence-corrected chi connectivity index (χ3v) is 5.39. The van der Waals surface area contributed by atoms with Crippen molar-refractivity contribution in [2.75, 3.05) is 19.6 Å². The molecule has 0 aromatic heterocycles. The van der Waals surface area contributed by atoms with E-state index < -0.39 is 10.0 Å². The molecule has 1 aromatic carbocycles. The van der Waals surface area contributed by atoms with Gasteiger partial charge >= 0.3 is 0 Å². The van der Waals surface area contributed by atoms with Gasteiger partial charge in [-0.25, -0.2) is 13.1 Å². The Bertz CT molecular complexity index is 673. The zero-order valence-electron chi connectivity index (χ0n) is 13.2. The molecule has 1 amide bonds. The molecule has 1 heterocycles. The lowest BCUT2D eigenvalue weighted by molar-refractivity contribution is 0.0915. The number of benzene rings is 1. The lowest BCUT2D eigenvalue weighted by Gasteiger charge is -2.30. The SMILES string of the molecule is C=CCNS(=O)(=O)c1cccc(C(=O)NC2CNCCC2C)c1. The summed E-state index contributed by atoms with van der Waals surface area (Å²) in [4.78, 5) is 12.5. The van der Waals surface area contributed by atoms with Crippen molar-refractivity contribution >= 4 is 15.9 Å². The molecule has 2 atom stereocenters. The topological polar surface area (TPSA) is 87.3 Å². The van der Waals surface area contributed by atoms with E-state index in [4.69, 9.17) is 0 Å². The molecule has 0 aliphatic carbocycles. The summed E-state index contributed by atoms with van der Waals surface area (Å²) >= 11 is 0. The molecular weight excluding hydrogens is 314 g/mol. The van der Waals surface area contributed by atoms with Crippen LogP contribution in [0.4, 0.5) is 0 Å². The van der Waals surface area contributed by atoms with Crippen LogP contribution in [0.2, 0.25) is 0 Å². The number of nitrogens with one attached hydrogen (secondary N) is 3. The number of piperidine rings is 1. The molecule has 23 heavy (non-hydrogen) atoms. The Hall–Kier alpha value is -1.70. The molecule has 0 radical (unpaired) electrons. The van der Waals surface area contributed by atoms with E-state index in [-0.39, 0.29) is 23.4 Å². The molecule has 126 valence electrons. The minimum atomic E-state index is -3.64. The van der Waals surface area contributed by atoms with Gasteiger partial charge < -0.3 is 10.6 Å². The summed E-state index contributed by atoms with van der Waals surface area (Å²) in [5, 5.41) is 6.22. The van der Waals surface area contributed by atoms with Gasteiger partial charge in [0.15, 0.2) is 0 Å². The van der Waals surface area contributed by atoms with Crippen molar-refractivity contribution < 1.29 is 13.2 Å². The van der Waals surface area contributed by atoms with Crippen LogP contribution in [0.5, 0.6) is 0 Å². The van der Waals surface area contributed by atoms with Crippen LogP contribution >= 0.6 is 0 Å². The normalized spacial score (nSPS) is 21.6. The predicted molar refractivity (Wildman–Crippen MR) is 89.7 cm³/mol. The smallest absolute Gasteiger partial charge is 0.251 e. The maximum atomic E-state index is 12.4. The number of carbonyl (C=O) groups is 1. The Morgan fingerprint density at radius 2 is 2.26 bits per heavy atom. The highest BCUT2D eigenvalue weighted by Gasteiger charge is 2.23. The Kier molecular flexibility index (Phi) is 5.92. The minimum absolute atomic E-state index is 0.0513. The first kappa shape index (κ1) is 17.7. The van der Waals surface area contributed by atoms with Gasteiger partial charge in [-0.2, -0.15) is 0 Å². The second-order valence-electron chi connectivity index (χ2n) is 5.72. The molecule has 2 rings (SSSR count). The fourth-order valence-corrected chi connectivity index (χ4v) is 3.53. The van der Waals surface area contributed by atoms with E-state index in [2.05, 4.69) is 28.9 Å². The lowest BCUT2D eigenvalue weighted by Crippen LogP contribution is -2.50. The van der Waals surface area contributed by atoms with Crippen molar-refractivity contribution in [2.24, 2.45) is 5.92 Å². The standard InChI is InChI=1S/C16H23N3O3S/c1-3-8-18-23(21,22)14-6-4-5-13(10-14)16(20)19-15-11-17-9-7-12(15)2/h3-6,10,12,15,17-18H,1,7-9,11H2,2H3,(H,19,20). The summed E-state index contributed by atoms with van der Waals surface area (Å²) in [6.07, 6.45) is 2.47. The molecule has 1 saturated heterocycles. The molecule has 6 nitrogen and oxygen atoms in total. The van der Waals surface area contributed by atoms with Crippen LogP contribution in [0.15, 0.2) is 41.8 Å². The number of carbonyl (C=O) groups excluding carboxylic acids is 1. The summed E-state index contributed by atoms with van der Waals surface area (Å²) in [5.41, 5.74) is 0.337. The van der Waals surface area contributed by atoms with Crippen LogP contribution in [-0.2, 0) is 10.0 Å². The number of amides is 1. The Morgan fingerprint density at radius 1 is 1.48 bits per heavy atom. The van der Waals surface area contributed by atoms with Crippen LogP contribution < -0.4 is 15.4 Å². The molecule has 7 heteroatoms. The van der Waals surface area contributed by atoms with Gasteiger partial charge in [0.1, 0.15) is 0 Å². The van der Waals surface area contributed by atoms with E-state index in [1.165, 1.54) is 18.2 Å². The highest BCUT2D eigenvalue weighted by Crippen LogP contribution is 2.14. The summed E-state index contributed by atoms with van der Waals surface area (Å²) in [7, 11) is -3.64. The number of rotatable bonds is 6. The summed E-state index contributed by atoms with van der Waals surface area (Å²) in [6.45, 7) is 7.41.